The number of hydrogen-bond donors (Lipinski definition) is 0. The highest BCUT2D eigenvalue weighted by atomic mass is 32.2. The molecule has 0 aliphatic carbocycles. The van der Waals surface area contributed by atoms with E-state index in [9.17, 15) is 4.79 Å². The molecule has 0 radical (unpaired) electrons. The maximum absolute atomic E-state index is 12.0. The SMILES string of the molecule is Cn1cnnc1SCC(=O)N1CCCCCC1. The van der Waals surface area contributed by atoms with Crippen LogP contribution in [0.3, 0.4) is 0 Å². The first-order valence-corrected chi connectivity index (χ1v) is 7.00. The standard InChI is InChI=1S/C11H18N4OS/c1-14-9-12-13-11(14)17-8-10(16)15-6-4-2-3-5-7-15/h9H,2-8H2,1H3. The molecule has 94 valence electrons. The van der Waals surface area contributed by atoms with Gasteiger partial charge in [0.15, 0.2) is 5.16 Å². The lowest BCUT2D eigenvalue weighted by Gasteiger charge is -2.19. The zero-order valence-electron chi connectivity index (χ0n) is 10.1. The van der Waals surface area contributed by atoms with Crippen LogP contribution < -0.4 is 0 Å². The summed E-state index contributed by atoms with van der Waals surface area (Å²) in [7, 11) is 1.89. The number of hydrogen-bond acceptors (Lipinski definition) is 4. The maximum atomic E-state index is 12.0. The van der Waals surface area contributed by atoms with Crippen LogP contribution in [-0.2, 0) is 11.8 Å². The van der Waals surface area contributed by atoms with Gasteiger partial charge in [0.1, 0.15) is 6.33 Å². The predicted octanol–water partition coefficient (Wildman–Crippen LogP) is 1.31. The third-order valence-corrected chi connectivity index (χ3v) is 3.97. The Labute approximate surface area is 106 Å². The summed E-state index contributed by atoms with van der Waals surface area (Å²) in [5.41, 5.74) is 0. The molecule has 1 fully saturated rings. The van der Waals surface area contributed by atoms with Gasteiger partial charge in [-0.05, 0) is 12.8 Å². The van der Waals surface area contributed by atoms with Gasteiger partial charge in [0.25, 0.3) is 0 Å². The number of carbonyl (C=O) groups excluding carboxylic acids is 1. The average Bonchev–Trinajstić information content (AvgIpc) is 2.58. The molecule has 0 unspecified atom stereocenters. The van der Waals surface area contributed by atoms with E-state index in [4.69, 9.17) is 0 Å². The minimum atomic E-state index is 0.222. The highest BCUT2D eigenvalue weighted by molar-refractivity contribution is 7.99. The van der Waals surface area contributed by atoms with Crippen LogP contribution in [0.15, 0.2) is 11.5 Å². The molecule has 0 spiro atoms. The average molecular weight is 254 g/mol. The molecule has 17 heavy (non-hydrogen) atoms. The number of thioether (sulfide) groups is 1. The smallest absolute Gasteiger partial charge is 0.233 e. The minimum absolute atomic E-state index is 0.222. The van der Waals surface area contributed by atoms with E-state index in [0.29, 0.717) is 5.75 Å². The molecule has 0 atom stereocenters. The number of likely N-dealkylation sites (tertiary alicyclic amines) is 1. The highest BCUT2D eigenvalue weighted by Gasteiger charge is 2.16. The minimum Gasteiger partial charge on any atom is -0.342 e. The van der Waals surface area contributed by atoms with Crippen LogP contribution in [0.2, 0.25) is 0 Å². The van der Waals surface area contributed by atoms with Crippen molar-refractivity contribution in [1.29, 1.82) is 0 Å². The predicted molar refractivity (Wildman–Crippen MR) is 66.8 cm³/mol. The van der Waals surface area contributed by atoms with Gasteiger partial charge in [-0.15, -0.1) is 10.2 Å². The number of aromatic nitrogens is 3. The molecule has 6 heteroatoms. The molecule has 1 saturated heterocycles. The number of aryl methyl sites for hydroxylation is 1. The number of nitrogens with zero attached hydrogens (tertiary/aromatic N) is 4. The van der Waals surface area contributed by atoms with Gasteiger partial charge in [-0.3, -0.25) is 4.79 Å². The Balaban J connectivity index is 1.82. The first kappa shape index (κ1) is 12.4. The summed E-state index contributed by atoms with van der Waals surface area (Å²) in [5, 5.41) is 8.55. The van der Waals surface area contributed by atoms with E-state index in [1.165, 1.54) is 24.6 Å². The monoisotopic (exact) mass is 254 g/mol. The van der Waals surface area contributed by atoms with Crippen molar-refractivity contribution in [3.63, 3.8) is 0 Å². The molecule has 1 aliphatic rings. The Kier molecular flexibility index (Phi) is 4.42. The Bertz CT molecular complexity index is 371. The van der Waals surface area contributed by atoms with Crippen molar-refractivity contribution in [2.75, 3.05) is 18.8 Å². The van der Waals surface area contributed by atoms with Crippen molar-refractivity contribution in [2.24, 2.45) is 7.05 Å². The fourth-order valence-corrected chi connectivity index (χ4v) is 2.73. The van der Waals surface area contributed by atoms with Crippen LogP contribution in [0, 0.1) is 0 Å². The quantitative estimate of drug-likeness (QED) is 0.763. The van der Waals surface area contributed by atoms with E-state index in [1.54, 1.807) is 6.33 Å². The molecule has 1 amide bonds. The molecule has 1 aromatic rings. The fraction of sp³-hybridized carbons (Fsp3) is 0.727. The molecular weight excluding hydrogens is 236 g/mol. The summed E-state index contributed by atoms with van der Waals surface area (Å²) in [6.07, 6.45) is 6.43. The molecule has 5 nitrogen and oxygen atoms in total. The van der Waals surface area contributed by atoms with Crippen molar-refractivity contribution in [2.45, 2.75) is 30.8 Å². The van der Waals surface area contributed by atoms with Crippen molar-refractivity contribution < 1.29 is 4.79 Å². The molecule has 1 aromatic heterocycles. The molecule has 0 saturated carbocycles. The second-order valence-electron chi connectivity index (χ2n) is 4.31. The van der Waals surface area contributed by atoms with Gasteiger partial charge in [-0.1, -0.05) is 24.6 Å². The van der Waals surface area contributed by atoms with Gasteiger partial charge in [0.2, 0.25) is 5.91 Å². The first-order valence-electron chi connectivity index (χ1n) is 6.02. The largest absolute Gasteiger partial charge is 0.342 e. The van der Waals surface area contributed by atoms with Crippen LogP contribution in [0.1, 0.15) is 25.7 Å². The Morgan fingerprint density at radius 1 is 1.35 bits per heavy atom. The number of carbonyl (C=O) groups is 1. The van der Waals surface area contributed by atoms with Crippen LogP contribution in [0.25, 0.3) is 0 Å². The van der Waals surface area contributed by atoms with Gasteiger partial charge in [0, 0.05) is 20.1 Å². The molecule has 2 heterocycles. The maximum Gasteiger partial charge on any atom is 0.233 e. The van der Waals surface area contributed by atoms with E-state index in [-0.39, 0.29) is 5.91 Å². The third-order valence-electron chi connectivity index (χ3n) is 2.95. The van der Waals surface area contributed by atoms with E-state index in [0.717, 1.165) is 31.1 Å². The van der Waals surface area contributed by atoms with Crippen molar-refractivity contribution >= 4 is 17.7 Å². The lowest BCUT2D eigenvalue weighted by Crippen LogP contribution is -2.33. The van der Waals surface area contributed by atoms with Gasteiger partial charge in [-0.25, -0.2) is 0 Å². The van der Waals surface area contributed by atoms with Crippen molar-refractivity contribution in [3.05, 3.63) is 6.33 Å². The summed E-state index contributed by atoms with van der Waals surface area (Å²) < 4.78 is 1.83. The van der Waals surface area contributed by atoms with E-state index < -0.39 is 0 Å². The summed E-state index contributed by atoms with van der Waals surface area (Å²) >= 11 is 1.46. The van der Waals surface area contributed by atoms with Gasteiger partial charge < -0.3 is 9.47 Å². The van der Waals surface area contributed by atoms with Crippen LogP contribution in [0.4, 0.5) is 0 Å². The highest BCUT2D eigenvalue weighted by Crippen LogP contribution is 2.16. The zero-order valence-corrected chi connectivity index (χ0v) is 10.9. The topological polar surface area (TPSA) is 51.0 Å². The summed E-state index contributed by atoms with van der Waals surface area (Å²) in [6.45, 7) is 1.83. The molecular formula is C11H18N4OS. The van der Waals surface area contributed by atoms with Gasteiger partial charge in [-0.2, -0.15) is 0 Å². The second kappa shape index (κ2) is 6.05. The van der Waals surface area contributed by atoms with Crippen LogP contribution in [0.5, 0.6) is 0 Å². The Morgan fingerprint density at radius 2 is 2.06 bits per heavy atom. The fourth-order valence-electron chi connectivity index (χ4n) is 1.94. The third kappa shape index (κ3) is 3.46. The molecule has 1 aliphatic heterocycles. The first-order chi connectivity index (χ1) is 8.27. The van der Waals surface area contributed by atoms with Crippen molar-refractivity contribution in [3.8, 4) is 0 Å². The van der Waals surface area contributed by atoms with Crippen molar-refractivity contribution in [1.82, 2.24) is 19.7 Å². The lowest BCUT2D eigenvalue weighted by molar-refractivity contribution is -0.128. The van der Waals surface area contributed by atoms with Gasteiger partial charge in [0.05, 0.1) is 5.75 Å². The second-order valence-corrected chi connectivity index (χ2v) is 5.25. The number of amides is 1. The number of rotatable bonds is 3. The van der Waals surface area contributed by atoms with Crippen LogP contribution >= 0.6 is 11.8 Å². The summed E-state index contributed by atoms with van der Waals surface area (Å²) in [4.78, 5) is 14.0. The van der Waals surface area contributed by atoms with Crippen LogP contribution in [-0.4, -0.2) is 44.4 Å². The molecule has 0 bridgehead atoms. The normalized spacial score (nSPS) is 16.9. The molecule has 2 rings (SSSR count). The Hall–Kier alpha value is -1.04. The Morgan fingerprint density at radius 3 is 2.65 bits per heavy atom. The van der Waals surface area contributed by atoms with E-state index in [1.807, 2.05) is 16.5 Å². The van der Waals surface area contributed by atoms with Gasteiger partial charge >= 0.3 is 0 Å². The lowest BCUT2D eigenvalue weighted by atomic mass is 10.2. The van der Waals surface area contributed by atoms with E-state index >= 15 is 0 Å². The zero-order chi connectivity index (χ0) is 12.1. The summed E-state index contributed by atoms with van der Waals surface area (Å²) in [6, 6.07) is 0. The summed E-state index contributed by atoms with van der Waals surface area (Å²) in [5.74, 6) is 0.687. The molecule has 0 aromatic carbocycles. The molecule has 0 N–H and O–H groups in total. The van der Waals surface area contributed by atoms with E-state index in [2.05, 4.69) is 10.2 Å².